The van der Waals surface area contributed by atoms with E-state index in [1.54, 1.807) is 47.3 Å². The number of thiophene rings is 1. The molecule has 1 N–H and O–H groups in total. The molecule has 0 saturated heterocycles. The Morgan fingerprint density at radius 2 is 1.78 bits per heavy atom. The fraction of sp³-hybridized carbons (Fsp3) is 0.182. The van der Waals surface area contributed by atoms with Gasteiger partial charge in [0.1, 0.15) is 17.3 Å². The van der Waals surface area contributed by atoms with Gasteiger partial charge in [0.15, 0.2) is 17.6 Å². The number of ether oxygens (including phenoxy) is 2. The second kappa shape index (κ2) is 14.4. The third-order valence-corrected chi connectivity index (χ3v) is 8.97. The maximum absolute atomic E-state index is 13.7. The van der Waals surface area contributed by atoms with Crippen molar-refractivity contribution in [2.45, 2.75) is 24.2 Å². The number of nitrogens with zero attached hydrogens (tertiary/aromatic N) is 5. The van der Waals surface area contributed by atoms with E-state index in [0.29, 0.717) is 34.6 Å². The molecule has 0 unspecified atom stereocenters. The van der Waals surface area contributed by atoms with Gasteiger partial charge in [-0.15, -0.1) is 21.5 Å². The lowest BCUT2D eigenvalue weighted by molar-refractivity contribution is -0.130. The summed E-state index contributed by atoms with van der Waals surface area (Å²) >= 11 is 2.75. The van der Waals surface area contributed by atoms with Gasteiger partial charge in [0, 0.05) is 6.42 Å². The van der Waals surface area contributed by atoms with Crippen LogP contribution < -0.4 is 14.8 Å². The van der Waals surface area contributed by atoms with Gasteiger partial charge in [0.05, 0.1) is 41.7 Å². The Morgan fingerprint density at radius 1 is 1.00 bits per heavy atom. The minimum absolute atomic E-state index is 0.00344. The number of hydrogen-bond donors (Lipinski definition) is 1. The molecule has 0 radical (unpaired) electrons. The number of amides is 2. The van der Waals surface area contributed by atoms with Gasteiger partial charge in [-0.3, -0.25) is 14.2 Å². The van der Waals surface area contributed by atoms with Gasteiger partial charge in [-0.25, -0.2) is 9.40 Å². The summed E-state index contributed by atoms with van der Waals surface area (Å²) in [5, 5.41) is 20.1. The standard InChI is InChI=1S/C33H29FN6O4S2/c1-43-28-11-6-5-10-26(28)39-30(19-35-31(41)20-44-24-8-3-2-4-9-24)36-37-33(39)46-21-32(42)40-27(22-13-15-23(34)16-14-22)18-25(38-40)29-12-7-17-45-29/h2-17,27H,18-21H2,1H3,(H,35,41)/t27-/m1/s1. The van der Waals surface area contributed by atoms with Crippen molar-refractivity contribution < 1.29 is 23.5 Å². The summed E-state index contributed by atoms with van der Waals surface area (Å²) in [5.41, 5.74) is 2.24. The number of benzene rings is 3. The van der Waals surface area contributed by atoms with Crippen LogP contribution in [0.15, 0.2) is 107 Å². The SMILES string of the molecule is COc1ccccc1-n1c(CNC(=O)COc2ccccc2)nnc1SCC(=O)N1N=C(c2cccs2)C[C@@H]1c1ccc(F)cc1. The van der Waals surface area contributed by atoms with Crippen molar-refractivity contribution in [2.75, 3.05) is 19.5 Å². The highest BCUT2D eigenvalue weighted by atomic mass is 32.2. The van der Waals surface area contributed by atoms with Crippen molar-refractivity contribution in [1.82, 2.24) is 25.1 Å². The number of para-hydroxylation sites is 3. The summed E-state index contributed by atoms with van der Waals surface area (Å²) in [5.74, 6) is 0.679. The van der Waals surface area contributed by atoms with Crippen LogP contribution in [0.5, 0.6) is 11.5 Å². The third-order valence-electron chi connectivity index (χ3n) is 7.13. The average Bonchev–Trinajstić information content (AvgIpc) is 3.86. The van der Waals surface area contributed by atoms with E-state index < -0.39 is 0 Å². The molecule has 6 rings (SSSR count). The van der Waals surface area contributed by atoms with Gasteiger partial charge >= 0.3 is 0 Å². The van der Waals surface area contributed by atoms with Gasteiger partial charge in [0.25, 0.3) is 11.8 Å². The molecule has 3 heterocycles. The largest absolute Gasteiger partial charge is 0.495 e. The molecule has 1 aliphatic rings. The van der Waals surface area contributed by atoms with Crippen molar-refractivity contribution >= 4 is 40.6 Å². The molecule has 2 aromatic heterocycles. The third kappa shape index (κ3) is 7.11. The normalized spacial score (nSPS) is 14.2. The fourth-order valence-electron chi connectivity index (χ4n) is 4.93. The molecule has 2 amide bonds. The predicted molar refractivity (Wildman–Crippen MR) is 174 cm³/mol. The number of thioether (sulfide) groups is 1. The number of carbonyl (C=O) groups is 2. The second-order valence-corrected chi connectivity index (χ2v) is 12.0. The molecule has 1 atom stereocenters. The Balaban J connectivity index is 1.21. The van der Waals surface area contributed by atoms with Crippen LogP contribution in [-0.4, -0.2) is 56.8 Å². The van der Waals surface area contributed by atoms with Crippen molar-refractivity contribution in [3.8, 4) is 17.2 Å². The molecule has 0 aliphatic carbocycles. The monoisotopic (exact) mass is 656 g/mol. The predicted octanol–water partition coefficient (Wildman–Crippen LogP) is 5.64. The molecule has 10 nitrogen and oxygen atoms in total. The van der Waals surface area contributed by atoms with Gasteiger partial charge < -0.3 is 14.8 Å². The topological polar surface area (TPSA) is 111 Å². The molecule has 0 fully saturated rings. The fourth-order valence-corrected chi connectivity index (χ4v) is 6.47. The number of methoxy groups -OCH3 is 1. The number of hydrazone groups is 1. The Bertz CT molecular complexity index is 1830. The molecule has 234 valence electrons. The van der Waals surface area contributed by atoms with Gasteiger partial charge in [0.2, 0.25) is 0 Å². The number of rotatable bonds is 12. The number of carbonyl (C=O) groups excluding carboxylic acids is 2. The molecule has 3 aromatic carbocycles. The smallest absolute Gasteiger partial charge is 0.258 e. The Morgan fingerprint density at radius 3 is 2.54 bits per heavy atom. The maximum atomic E-state index is 13.7. The molecule has 46 heavy (non-hydrogen) atoms. The molecule has 0 spiro atoms. The van der Waals surface area contributed by atoms with E-state index in [4.69, 9.17) is 14.6 Å². The Kier molecular flexibility index (Phi) is 9.70. The van der Waals surface area contributed by atoms with Crippen LogP contribution in [-0.2, 0) is 16.1 Å². The van der Waals surface area contributed by atoms with E-state index in [-0.39, 0.29) is 42.6 Å². The highest BCUT2D eigenvalue weighted by Gasteiger charge is 2.34. The number of hydrogen-bond acceptors (Lipinski definition) is 9. The molecule has 1 aliphatic heterocycles. The van der Waals surface area contributed by atoms with Crippen molar-refractivity contribution in [2.24, 2.45) is 5.10 Å². The lowest BCUT2D eigenvalue weighted by atomic mass is 10.0. The Hall–Kier alpha value is -5.01. The summed E-state index contributed by atoms with van der Waals surface area (Å²) in [7, 11) is 1.56. The van der Waals surface area contributed by atoms with Crippen molar-refractivity contribution in [1.29, 1.82) is 0 Å². The van der Waals surface area contributed by atoms with E-state index in [2.05, 4.69) is 15.5 Å². The van der Waals surface area contributed by atoms with Crippen LogP contribution in [0.2, 0.25) is 0 Å². The quantitative estimate of drug-likeness (QED) is 0.173. The highest BCUT2D eigenvalue weighted by molar-refractivity contribution is 7.99. The van der Waals surface area contributed by atoms with Gasteiger partial charge in [-0.05, 0) is 53.4 Å². The molecule has 13 heteroatoms. The first-order chi connectivity index (χ1) is 22.5. The van der Waals surface area contributed by atoms with Crippen molar-refractivity contribution in [3.05, 3.63) is 118 Å². The van der Waals surface area contributed by atoms with E-state index >= 15 is 0 Å². The van der Waals surface area contributed by atoms with Crippen LogP contribution in [0.25, 0.3) is 5.69 Å². The molecule has 0 bridgehead atoms. The summed E-state index contributed by atoms with van der Waals surface area (Å²) in [4.78, 5) is 27.3. The summed E-state index contributed by atoms with van der Waals surface area (Å²) in [6.07, 6.45) is 0.512. The van der Waals surface area contributed by atoms with E-state index in [1.807, 2.05) is 60.0 Å². The maximum Gasteiger partial charge on any atom is 0.258 e. The first kappa shape index (κ1) is 31.0. The van der Waals surface area contributed by atoms with E-state index in [9.17, 15) is 14.0 Å². The summed E-state index contributed by atoms with van der Waals surface area (Å²) in [6.45, 7) is -0.105. The first-order valence-electron chi connectivity index (χ1n) is 14.3. The first-order valence-corrected chi connectivity index (χ1v) is 16.2. The van der Waals surface area contributed by atoms with Crippen LogP contribution >= 0.6 is 23.1 Å². The Labute approximate surface area is 272 Å². The lowest BCUT2D eigenvalue weighted by Gasteiger charge is -2.22. The zero-order chi connectivity index (χ0) is 31.9. The average molecular weight is 657 g/mol. The minimum Gasteiger partial charge on any atom is -0.495 e. The lowest BCUT2D eigenvalue weighted by Crippen LogP contribution is -2.29. The molecular weight excluding hydrogens is 628 g/mol. The molecule has 0 saturated carbocycles. The van der Waals surface area contributed by atoms with Crippen molar-refractivity contribution in [3.63, 3.8) is 0 Å². The number of halogens is 1. The van der Waals surface area contributed by atoms with Gasteiger partial charge in [-0.2, -0.15) is 5.10 Å². The van der Waals surface area contributed by atoms with Crippen LogP contribution in [0, 0.1) is 5.82 Å². The highest BCUT2D eigenvalue weighted by Crippen LogP contribution is 2.35. The van der Waals surface area contributed by atoms with Crippen LogP contribution in [0.3, 0.4) is 0 Å². The van der Waals surface area contributed by atoms with E-state index in [1.165, 1.54) is 28.9 Å². The van der Waals surface area contributed by atoms with Crippen LogP contribution in [0.1, 0.15) is 28.7 Å². The van der Waals surface area contributed by atoms with Gasteiger partial charge in [-0.1, -0.05) is 60.3 Å². The van der Waals surface area contributed by atoms with Crippen LogP contribution in [0.4, 0.5) is 4.39 Å². The van der Waals surface area contributed by atoms with E-state index in [0.717, 1.165) is 16.2 Å². The molecule has 5 aromatic rings. The summed E-state index contributed by atoms with van der Waals surface area (Å²) in [6, 6.07) is 26.1. The second-order valence-electron chi connectivity index (χ2n) is 10.1. The zero-order valence-corrected chi connectivity index (χ0v) is 26.3. The zero-order valence-electron chi connectivity index (χ0n) is 24.7. The molecular formula is C33H29FN6O4S2. The number of nitrogens with one attached hydrogen (secondary N) is 1. The number of aromatic nitrogens is 3. The summed E-state index contributed by atoms with van der Waals surface area (Å²) < 4.78 is 26.6. The minimum atomic E-state index is -0.373.